The molecular formula is C17H22N4O2S. The number of methoxy groups -OCH3 is 1. The van der Waals surface area contributed by atoms with Crippen molar-refractivity contribution in [2.24, 2.45) is 0 Å². The van der Waals surface area contributed by atoms with Crippen molar-refractivity contribution in [3.8, 4) is 11.4 Å². The number of thioether (sulfide) groups is 1. The molecule has 1 aromatic heterocycles. The van der Waals surface area contributed by atoms with E-state index in [9.17, 15) is 4.79 Å². The summed E-state index contributed by atoms with van der Waals surface area (Å²) in [6.45, 7) is 3.00. The van der Waals surface area contributed by atoms with Crippen LogP contribution in [0, 0.1) is 0 Å². The maximum absolute atomic E-state index is 12.2. The van der Waals surface area contributed by atoms with Gasteiger partial charge in [0.1, 0.15) is 0 Å². The fourth-order valence-electron chi connectivity index (χ4n) is 2.76. The second kappa shape index (κ2) is 8.30. The van der Waals surface area contributed by atoms with E-state index in [4.69, 9.17) is 4.74 Å². The molecule has 24 heavy (non-hydrogen) atoms. The highest BCUT2D eigenvalue weighted by molar-refractivity contribution is 7.99. The summed E-state index contributed by atoms with van der Waals surface area (Å²) < 4.78 is 7.24. The van der Waals surface area contributed by atoms with Crippen LogP contribution in [0.3, 0.4) is 0 Å². The molecule has 1 aromatic carbocycles. The largest absolute Gasteiger partial charge is 0.383 e. The molecule has 0 aliphatic carbocycles. The molecule has 128 valence electrons. The summed E-state index contributed by atoms with van der Waals surface area (Å²) in [5.41, 5.74) is 1.01. The first-order valence-electron chi connectivity index (χ1n) is 8.17. The third-order valence-corrected chi connectivity index (χ3v) is 5.00. The molecule has 6 nitrogen and oxygen atoms in total. The van der Waals surface area contributed by atoms with E-state index >= 15 is 0 Å². The van der Waals surface area contributed by atoms with E-state index in [-0.39, 0.29) is 5.91 Å². The van der Waals surface area contributed by atoms with Crippen molar-refractivity contribution in [1.29, 1.82) is 0 Å². The van der Waals surface area contributed by atoms with E-state index < -0.39 is 0 Å². The Bertz CT molecular complexity index is 668. The zero-order chi connectivity index (χ0) is 16.8. The van der Waals surface area contributed by atoms with Gasteiger partial charge < -0.3 is 9.64 Å². The molecule has 2 heterocycles. The normalized spacial score (nSPS) is 14.3. The number of benzene rings is 1. The lowest BCUT2D eigenvalue weighted by Gasteiger charge is -2.15. The Morgan fingerprint density at radius 2 is 1.96 bits per heavy atom. The Kier molecular flexibility index (Phi) is 5.87. The minimum absolute atomic E-state index is 0.181. The van der Waals surface area contributed by atoms with Crippen LogP contribution in [0.1, 0.15) is 12.8 Å². The molecule has 0 unspecified atom stereocenters. The first-order valence-corrected chi connectivity index (χ1v) is 9.16. The van der Waals surface area contributed by atoms with Crippen LogP contribution in [-0.2, 0) is 16.1 Å². The Morgan fingerprint density at radius 1 is 1.21 bits per heavy atom. The summed E-state index contributed by atoms with van der Waals surface area (Å²) in [6, 6.07) is 9.96. The number of amides is 1. The number of nitrogens with zero attached hydrogens (tertiary/aromatic N) is 4. The van der Waals surface area contributed by atoms with Crippen LogP contribution in [0.2, 0.25) is 0 Å². The van der Waals surface area contributed by atoms with E-state index in [0.717, 1.165) is 42.5 Å². The molecule has 1 fully saturated rings. The molecule has 1 saturated heterocycles. The maximum atomic E-state index is 12.2. The summed E-state index contributed by atoms with van der Waals surface area (Å²) in [7, 11) is 1.68. The first kappa shape index (κ1) is 17.0. The Labute approximate surface area is 146 Å². The molecule has 2 aromatic rings. The molecule has 1 aliphatic heterocycles. The topological polar surface area (TPSA) is 60.2 Å². The van der Waals surface area contributed by atoms with Gasteiger partial charge in [0.05, 0.1) is 18.9 Å². The number of hydrogen-bond donors (Lipinski definition) is 0. The molecule has 0 bridgehead atoms. The summed E-state index contributed by atoms with van der Waals surface area (Å²) >= 11 is 1.45. The minimum atomic E-state index is 0.181. The molecule has 0 radical (unpaired) electrons. The third kappa shape index (κ3) is 3.96. The number of likely N-dealkylation sites (tertiary alicyclic amines) is 1. The highest BCUT2D eigenvalue weighted by Crippen LogP contribution is 2.24. The monoisotopic (exact) mass is 346 g/mol. The fourth-order valence-corrected chi connectivity index (χ4v) is 3.63. The van der Waals surface area contributed by atoms with E-state index in [2.05, 4.69) is 10.2 Å². The van der Waals surface area contributed by atoms with Crippen LogP contribution >= 0.6 is 11.8 Å². The number of rotatable bonds is 7. The van der Waals surface area contributed by atoms with Crippen molar-refractivity contribution in [3.05, 3.63) is 30.3 Å². The SMILES string of the molecule is COCCn1c(SCC(=O)N2CCCC2)nnc1-c1ccccc1. The number of carbonyl (C=O) groups is 1. The lowest BCUT2D eigenvalue weighted by atomic mass is 10.2. The molecule has 0 saturated carbocycles. The number of hydrogen-bond acceptors (Lipinski definition) is 5. The standard InChI is InChI=1S/C17H22N4O2S/c1-23-12-11-21-16(14-7-3-2-4-8-14)18-19-17(21)24-13-15(22)20-9-5-6-10-20/h2-4,7-8H,5-6,9-13H2,1H3. The molecule has 0 N–H and O–H groups in total. The van der Waals surface area contributed by atoms with E-state index in [0.29, 0.717) is 18.9 Å². The lowest BCUT2D eigenvalue weighted by molar-refractivity contribution is -0.127. The quantitative estimate of drug-likeness (QED) is 0.720. The molecular weight excluding hydrogens is 324 g/mol. The highest BCUT2D eigenvalue weighted by atomic mass is 32.2. The van der Waals surface area contributed by atoms with Gasteiger partial charge in [-0.05, 0) is 12.8 Å². The van der Waals surface area contributed by atoms with Gasteiger partial charge in [0.25, 0.3) is 0 Å². The van der Waals surface area contributed by atoms with E-state index in [1.807, 2.05) is 39.8 Å². The predicted octanol–water partition coefficient (Wildman–Crippen LogP) is 2.31. The Balaban J connectivity index is 1.74. The lowest BCUT2D eigenvalue weighted by Crippen LogP contribution is -2.29. The van der Waals surface area contributed by atoms with Crippen molar-refractivity contribution in [2.75, 3.05) is 32.6 Å². The van der Waals surface area contributed by atoms with Crippen molar-refractivity contribution in [2.45, 2.75) is 24.5 Å². The predicted molar refractivity (Wildman–Crippen MR) is 93.9 cm³/mol. The van der Waals surface area contributed by atoms with Crippen molar-refractivity contribution >= 4 is 17.7 Å². The molecule has 1 amide bonds. The third-order valence-electron chi connectivity index (χ3n) is 4.05. The van der Waals surface area contributed by atoms with E-state index in [1.54, 1.807) is 7.11 Å². The van der Waals surface area contributed by atoms with Crippen molar-refractivity contribution in [1.82, 2.24) is 19.7 Å². The van der Waals surface area contributed by atoms with Crippen LogP contribution in [-0.4, -0.2) is 58.1 Å². The van der Waals surface area contributed by atoms with Gasteiger partial charge in [-0.1, -0.05) is 42.1 Å². The maximum Gasteiger partial charge on any atom is 0.233 e. The van der Waals surface area contributed by atoms with Crippen LogP contribution in [0.4, 0.5) is 0 Å². The zero-order valence-electron chi connectivity index (χ0n) is 13.9. The average molecular weight is 346 g/mol. The second-order valence-corrected chi connectivity index (χ2v) is 6.64. The number of carbonyl (C=O) groups excluding carboxylic acids is 1. The van der Waals surface area contributed by atoms with Gasteiger partial charge in [0.2, 0.25) is 5.91 Å². The summed E-state index contributed by atoms with van der Waals surface area (Å²) in [4.78, 5) is 14.2. The number of ether oxygens (including phenoxy) is 1. The second-order valence-electron chi connectivity index (χ2n) is 5.69. The minimum Gasteiger partial charge on any atom is -0.383 e. The summed E-state index contributed by atoms with van der Waals surface area (Å²) in [6.07, 6.45) is 2.22. The van der Waals surface area contributed by atoms with Gasteiger partial charge in [-0.25, -0.2) is 0 Å². The van der Waals surface area contributed by atoms with Crippen LogP contribution in [0.15, 0.2) is 35.5 Å². The average Bonchev–Trinajstić information content (AvgIpc) is 3.28. The van der Waals surface area contributed by atoms with Gasteiger partial charge >= 0.3 is 0 Å². The fraction of sp³-hybridized carbons (Fsp3) is 0.471. The van der Waals surface area contributed by atoms with Crippen LogP contribution in [0.25, 0.3) is 11.4 Å². The number of aromatic nitrogens is 3. The Hall–Kier alpha value is -1.86. The molecule has 0 spiro atoms. The summed E-state index contributed by atoms with van der Waals surface area (Å²) in [5.74, 6) is 1.39. The smallest absolute Gasteiger partial charge is 0.233 e. The van der Waals surface area contributed by atoms with Crippen LogP contribution in [0.5, 0.6) is 0 Å². The molecule has 1 aliphatic rings. The molecule has 7 heteroatoms. The van der Waals surface area contributed by atoms with Crippen molar-refractivity contribution < 1.29 is 9.53 Å². The van der Waals surface area contributed by atoms with Gasteiger partial charge in [0.15, 0.2) is 11.0 Å². The van der Waals surface area contributed by atoms with Gasteiger partial charge in [-0.3, -0.25) is 9.36 Å². The van der Waals surface area contributed by atoms with Crippen molar-refractivity contribution in [3.63, 3.8) is 0 Å². The van der Waals surface area contributed by atoms with Gasteiger partial charge in [-0.15, -0.1) is 10.2 Å². The zero-order valence-corrected chi connectivity index (χ0v) is 14.7. The van der Waals surface area contributed by atoms with Crippen LogP contribution < -0.4 is 0 Å². The highest BCUT2D eigenvalue weighted by Gasteiger charge is 2.20. The van der Waals surface area contributed by atoms with E-state index in [1.165, 1.54) is 11.8 Å². The summed E-state index contributed by atoms with van der Waals surface area (Å²) in [5, 5.41) is 9.38. The molecule has 0 atom stereocenters. The molecule has 3 rings (SSSR count). The Morgan fingerprint density at radius 3 is 2.67 bits per heavy atom. The van der Waals surface area contributed by atoms with Gasteiger partial charge in [-0.2, -0.15) is 0 Å². The van der Waals surface area contributed by atoms with Gasteiger partial charge in [0, 0.05) is 25.8 Å². The first-order chi connectivity index (χ1) is 11.8.